The molecule has 0 fully saturated rings. The van der Waals surface area contributed by atoms with Crippen molar-refractivity contribution in [1.29, 1.82) is 0 Å². The highest BCUT2D eigenvalue weighted by Gasteiger charge is 2.11. The average molecular weight is 276 g/mol. The topological polar surface area (TPSA) is 41.1 Å². The van der Waals surface area contributed by atoms with E-state index in [9.17, 15) is 0 Å². The third-order valence-electron chi connectivity index (χ3n) is 2.94. The molecule has 0 radical (unpaired) electrons. The van der Waals surface area contributed by atoms with Gasteiger partial charge in [-0.15, -0.1) is 11.3 Å². The molecule has 0 aromatic carbocycles. The van der Waals surface area contributed by atoms with Crippen LogP contribution in [0.3, 0.4) is 0 Å². The van der Waals surface area contributed by atoms with Crippen molar-refractivity contribution in [2.24, 2.45) is 0 Å². The molecule has 0 spiro atoms. The van der Waals surface area contributed by atoms with Crippen LogP contribution in [-0.4, -0.2) is 23.6 Å². The third-order valence-corrected chi connectivity index (χ3v) is 4.24. The van der Waals surface area contributed by atoms with E-state index < -0.39 is 0 Å². The lowest BCUT2D eigenvalue weighted by Gasteiger charge is -2.15. The van der Waals surface area contributed by atoms with E-state index in [1.807, 2.05) is 30.7 Å². The monoisotopic (exact) mass is 276 g/mol. The highest BCUT2D eigenvalue weighted by Crippen LogP contribution is 2.27. The van der Waals surface area contributed by atoms with Crippen LogP contribution in [0.25, 0.3) is 0 Å². The van der Waals surface area contributed by atoms with Crippen LogP contribution in [0.4, 0.5) is 5.13 Å². The van der Waals surface area contributed by atoms with E-state index >= 15 is 0 Å². The van der Waals surface area contributed by atoms with Gasteiger partial charge in [0.15, 0.2) is 5.13 Å². The van der Waals surface area contributed by atoms with E-state index in [4.69, 9.17) is 0 Å². The molecule has 0 aliphatic rings. The maximum absolute atomic E-state index is 4.50. The summed E-state index contributed by atoms with van der Waals surface area (Å²) in [5, 5.41) is 4.46. The highest BCUT2D eigenvalue weighted by atomic mass is 32.1. The molecule has 1 atom stereocenters. The maximum Gasteiger partial charge on any atom is 0.185 e. The SMILES string of the molecule is CCNC(C)c1cnc(N(C)Cc2ccncc2)s1. The van der Waals surface area contributed by atoms with E-state index in [-0.39, 0.29) is 0 Å². The van der Waals surface area contributed by atoms with Crippen LogP contribution in [0.1, 0.15) is 30.3 Å². The quantitative estimate of drug-likeness (QED) is 0.881. The zero-order chi connectivity index (χ0) is 13.7. The number of aromatic nitrogens is 2. The Balaban J connectivity index is 2.02. The van der Waals surface area contributed by atoms with Gasteiger partial charge in [-0.1, -0.05) is 6.92 Å². The van der Waals surface area contributed by atoms with E-state index in [1.165, 1.54) is 10.4 Å². The molecule has 4 nitrogen and oxygen atoms in total. The molecule has 2 aromatic rings. The molecule has 2 heterocycles. The van der Waals surface area contributed by atoms with Crippen LogP contribution >= 0.6 is 11.3 Å². The second kappa shape index (κ2) is 6.63. The summed E-state index contributed by atoms with van der Waals surface area (Å²) in [6.45, 7) is 6.12. The molecule has 1 unspecified atom stereocenters. The highest BCUT2D eigenvalue weighted by molar-refractivity contribution is 7.15. The Morgan fingerprint density at radius 1 is 1.37 bits per heavy atom. The fourth-order valence-corrected chi connectivity index (χ4v) is 2.79. The number of hydrogen-bond donors (Lipinski definition) is 1. The third kappa shape index (κ3) is 3.75. The first-order valence-electron chi connectivity index (χ1n) is 6.50. The van der Waals surface area contributed by atoms with Crippen molar-refractivity contribution in [2.75, 3.05) is 18.5 Å². The number of pyridine rings is 1. The molecule has 0 amide bonds. The molecule has 5 heteroatoms. The van der Waals surface area contributed by atoms with E-state index in [0.29, 0.717) is 6.04 Å². The van der Waals surface area contributed by atoms with Crippen LogP contribution in [0.2, 0.25) is 0 Å². The molecule has 102 valence electrons. The van der Waals surface area contributed by atoms with E-state index in [2.05, 4.69) is 41.1 Å². The van der Waals surface area contributed by atoms with Crippen molar-refractivity contribution in [1.82, 2.24) is 15.3 Å². The molecular formula is C14H20N4S. The van der Waals surface area contributed by atoms with Gasteiger partial charge in [-0.05, 0) is 31.2 Å². The minimum absolute atomic E-state index is 0.366. The Morgan fingerprint density at radius 3 is 2.79 bits per heavy atom. The van der Waals surface area contributed by atoms with Gasteiger partial charge < -0.3 is 10.2 Å². The molecular weight excluding hydrogens is 256 g/mol. The van der Waals surface area contributed by atoms with Crippen LogP contribution in [0.15, 0.2) is 30.7 Å². The van der Waals surface area contributed by atoms with Crippen molar-refractivity contribution in [2.45, 2.75) is 26.4 Å². The van der Waals surface area contributed by atoms with Crippen molar-refractivity contribution < 1.29 is 0 Å². The van der Waals surface area contributed by atoms with Gasteiger partial charge in [0.25, 0.3) is 0 Å². The minimum atomic E-state index is 0.366. The number of nitrogens with zero attached hydrogens (tertiary/aromatic N) is 3. The molecule has 19 heavy (non-hydrogen) atoms. The van der Waals surface area contributed by atoms with E-state index in [1.54, 1.807) is 11.3 Å². The second-order valence-corrected chi connectivity index (χ2v) is 5.58. The molecule has 2 rings (SSSR count). The predicted molar refractivity (Wildman–Crippen MR) is 80.5 cm³/mol. The van der Waals surface area contributed by atoms with Crippen LogP contribution < -0.4 is 10.2 Å². The summed E-state index contributed by atoms with van der Waals surface area (Å²) in [6, 6.07) is 4.43. The summed E-state index contributed by atoms with van der Waals surface area (Å²) in [7, 11) is 2.07. The van der Waals surface area contributed by atoms with Crippen molar-refractivity contribution in [3.05, 3.63) is 41.2 Å². The van der Waals surface area contributed by atoms with Crippen molar-refractivity contribution >= 4 is 16.5 Å². The first-order valence-corrected chi connectivity index (χ1v) is 7.31. The maximum atomic E-state index is 4.50. The Morgan fingerprint density at radius 2 is 2.11 bits per heavy atom. The molecule has 2 aromatic heterocycles. The van der Waals surface area contributed by atoms with Gasteiger partial charge in [0, 0.05) is 43.1 Å². The normalized spacial score (nSPS) is 12.4. The Hall–Kier alpha value is -1.46. The number of rotatable bonds is 6. The Bertz CT molecular complexity index is 497. The van der Waals surface area contributed by atoms with Gasteiger partial charge in [-0.3, -0.25) is 4.98 Å². The first kappa shape index (κ1) is 14.0. The lowest BCUT2D eigenvalue weighted by molar-refractivity contribution is 0.606. The number of thiazole rings is 1. The Labute approximate surface area is 118 Å². The first-order chi connectivity index (χ1) is 9.20. The summed E-state index contributed by atoms with van der Waals surface area (Å²) in [6.07, 6.45) is 5.61. The van der Waals surface area contributed by atoms with E-state index in [0.717, 1.165) is 18.2 Å². The van der Waals surface area contributed by atoms with Gasteiger partial charge in [-0.2, -0.15) is 0 Å². The molecule has 0 aliphatic heterocycles. The summed E-state index contributed by atoms with van der Waals surface area (Å²) < 4.78 is 0. The average Bonchev–Trinajstić information content (AvgIpc) is 2.90. The minimum Gasteiger partial charge on any atom is -0.347 e. The second-order valence-electron chi connectivity index (χ2n) is 4.54. The van der Waals surface area contributed by atoms with Crippen LogP contribution in [0, 0.1) is 0 Å². The van der Waals surface area contributed by atoms with Crippen LogP contribution in [0.5, 0.6) is 0 Å². The van der Waals surface area contributed by atoms with Gasteiger partial charge >= 0.3 is 0 Å². The fourth-order valence-electron chi connectivity index (χ4n) is 1.89. The molecule has 0 aliphatic carbocycles. The number of nitrogens with one attached hydrogen (secondary N) is 1. The van der Waals surface area contributed by atoms with Gasteiger partial charge in [0.05, 0.1) is 0 Å². The van der Waals surface area contributed by atoms with Gasteiger partial charge in [0.1, 0.15) is 0 Å². The lowest BCUT2D eigenvalue weighted by atomic mass is 10.2. The predicted octanol–water partition coefficient (Wildman–Crippen LogP) is 2.85. The summed E-state index contributed by atoms with van der Waals surface area (Å²) >= 11 is 1.74. The molecule has 0 saturated carbocycles. The summed E-state index contributed by atoms with van der Waals surface area (Å²) in [5.41, 5.74) is 1.24. The molecule has 1 N–H and O–H groups in total. The molecule has 0 saturated heterocycles. The largest absolute Gasteiger partial charge is 0.347 e. The number of anilines is 1. The van der Waals surface area contributed by atoms with Gasteiger partial charge in [0.2, 0.25) is 0 Å². The van der Waals surface area contributed by atoms with Crippen molar-refractivity contribution in [3.63, 3.8) is 0 Å². The number of hydrogen-bond acceptors (Lipinski definition) is 5. The molecule has 0 bridgehead atoms. The zero-order valence-electron chi connectivity index (χ0n) is 11.6. The standard InChI is InChI=1S/C14H20N4S/c1-4-16-11(2)13-9-17-14(19-13)18(3)10-12-5-7-15-8-6-12/h5-9,11,16H,4,10H2,1-3H3. The Kier molecular flexibility index (Phi) is 4.87. The summed E-state index contributed by atoms with van der Waals surface area (Å²) in [5.74, 6) is 0. The van der Waals surface area contributed by atoms with Crippen molar-refractivity contribution in [3.8, 4) is 0 Å². The van der Waals surface area contributed by atoms with Gasteiger partial charge in [-0.25, -0.2) is 4.98 Å². The summed E-state index contributed by atoms with van der Waals surface area (Å²) in [4.78, 5) is 12.0. The smallest absolute Gasteiger partial charge is 0.185 e. The lowest BCUT2D eigenvalue weighted by Crippen LogP contribution is -2.16. The fraction of sp³-hybridized carbons (Fsp3) is 0.429. The van der Waals surface area contributed by atoms with Crippen LogP contribution in [-0.2, 0) is 6.54 Å². The zero-order valence-corrected chi connectivity index (χ0v) is 12.4.